The molecule has 0 radical (unpaired) electrons. The Morgan fingerprint density at radius 3 is 2.74 bits per heavy atom. The number of hydrogen-bond acceptors (Lipinski definition) is 5. The molecule has 0 unspecified atom stereocenters. The fraction of sp³-hybridized carbons (Fsp3) is 0.429. The summed E-state index contributed by atoms with van der Waals surface area (Å²) in [5, 5.41) is 9.01. The number of carbonyl (C=O) groups excluding carboxylic acids is 1. The molecule has 0 fully saturated rings. The molecule has 0 aromatic heterocycles. The summed E-state index contributed by atoms with van der Waals surface area (Å²) in [5.41, 5.74) is 1.52. The molecule has 0 N–H and O–H groups in total. The van der Waals surface area contributed by atoms with Crippen LogP contribution in [0.25, 0.3) is 0 Å². The highest BCUT2D eigenvalue weighted by atomic mass is 16.5. The Labute approximate surface area is 113 Å². The summed E-state index contributed by atoms with van der Waals surface area (Å²) in [6.07, 6.45) is 0.355. The number of ether oxygens (including phenoxy) is 2. The van der Waals surface area contributed by atoms with Crippen LogP contribution in [0.3, 0.4) is 0 Å². The molecule has 1 aromatic rings. The van der Waals surface area contributed by atoms with Crippen LogP contribution in [-0.4, -0.2) is 38.7 Å². The fourth-order valence-corrected chi connectivity index (χ4v) is 1.72. The van der Waals surface area contributed by atoms with Gasteiger partial charge in [-0.1, -0.05) is 6.07 Å². The van der Waals surface area contributed by atoms with Crippen molar-refractivity contribution in [3.8, 4) is 11.8 Å². The van der Waals surface area contributed by atoms with E-state index in [1.165, 1.54) is 7.11 Å². The lowest BCUT2D eigenvalue weighted by Crippen LogP contribution is -2.21. The van der Waals surface area contributed by atoms with E-state index in [9.17, 15) is 4.79 Å². The van der Waals surface area contributed by atoms with Crippen molar-refractivity contribution in [3.05, 3.63) is 29.3 Å². The Morgan fingerprint density at radius 1 is 1.42 bits per heavy atom. The molecule has 0 aliphatic heterocycles. The van der Waals surface area contributed by atoms with E-state index >= 15 is 0 Å². The summed E-state index contributed by atoms with van der Waals surface area (Å²) in [7, 11) is 4.84. The molecular weight excluding hydrogens is 244 g/mol. The van der Waals surface area contributed by atoms with Gasteiger partial charge >= 0.3 is 5.97 Å². The Bertz CT molecular complexity index is 480. The predicted octanol–water partition coefficient (Wildman–Crippen LogP) is 1.56. The molecule has 0 amide bonds. The van der Waals surface area contributed by atoms with Gasteiger partial charge in [-0.25, -0.2) is 0 Å². The summed E-state index contributed by atoms with van der Waals surface area (Å²) < 4.78 is 9.68. The van der Waals surface area contributed by atoms with Crippen molar-refractivity contribution in [2.75, 3.05) is 27.8 Å². The van der Waals surface area contributed by atoms with E-state index in [0.717, 1.165) is 5.56 Å². The largest absolute Gasteiger partial charge is 0.495 e. The second-order valence-electron chi connectivity index (χ2n) is 4.21. The monoisotopic (exact) mass is 262 g/mol. The molecule has 0 aliphatic carbocycles. The smallest absolute Gasteiger partial charge is 0.306 e. The minimum absolute atomic E-state index is 0.223. The van der Waals surface area contributed by atoms with E-state index in [1.54, 1.807) is 19.2 Å². The lowest BCUT2D eigenvalue weighted by Gasteiger charge is -2.16. The molecule has 19 heavy (non-hydrogen) atoms. The molecule has 0 bridgehead atoms. The van der Waals surface area contributed by atoms with Gasteiger partial charge in [-0.15, -0.1) is 0 Å². The van der Waals surface area contributed by atoms with Crippen molar-refractivity contribution >= 4 is 5.97 Å². The minimum Gasteiger partial charge on any atom is -0.495 e. The third-order valence-electron chi connectivity index (χ3n) is 2.76. The molecule has 1 aromatic carbocycles. The molecule has 0 saturated carbocycles. The molecule has 0 aliphatic rings. The van der Waals surface area contributed by atoms with E-state index in [-0.39, 0.29) is 5.97 Å². The van der Waals surface area contributed by atoms with Crippen molar-refractivity contribution in [1.29, 1.82) is 5.26 Å². The lowest BCUT2D eigenvalue weighted by atomic mass is 10.1. The third kappa shape index (κ3) is 4.60. The van der Waals surface area contributed by atoms with Gasteiger partial charge in [0.25, 0.3) is 0 Å². The van der Waals surface area contributed by atoms with Gasteiger partial charge in [0, 0.05) is 13.1 Å². The number of rotatable bonds is 6. The number of nitriles is 1. The van der Waals surface area contributed by atoms with Crippen molar-refractivity contribution in [2.24, 2.45) is 0 Å². The first kappa shape index (κ1) is 15.0. The molecule has 0 atom stereocenters. The Morgan fingerprint density at radius 2 is 2.16 bits per heavy atom. The van der Waals surface area contributed by atoms with Gasteiger partial charge < -0.3 is 14.4 Å². The van der Waals surface area contributed by atoms with E-state index in [1.807, 2.05) is 18.0 Å². The topological polar surface area (TPSA) is 62.6 Å². The molecular formula is C14H18N2O3. The summed E-state index contributed by atoms with van der Waals surface area (Å²) in [4.78, 5) is 13.0. The Balaban J connectivity index is 2.62. The third-order valence-corrected chi connectivity index (χ3v) is 2.76. The maximum absolute atomic E-state index is 11.0. The molecule has 0 heterocycles. The second-order valence-corrected chi connectivity index (χ2v) is 4.21. The number of methoxy groups -OCH3 is 2. The van der Waals surface area contributed by atoms with Crippen LogP contribution in [0.15, 0.2) is 18.2 Å². The van der Waals surface area contributed by atoms with Crippen molar-refractivity contribution in [2.45, 2.75) is 13.0 Å². The van der Waals surface area contributed by atoms with E-state index in [2.05, 4.69) is 10.8 Å². The first-order chi connectivity index (χ1) is 9.10. The zero-order chi connectivity index (χ0) is 14.3. The zero-order valence-corrected chi connectivity index (χ0v) is 11.5. The van der Waals surface area contributed by atoms with Crippen LogP contribution in [0, 0.1) is 11.3 Å². The van der Waals surface area contributed by atoms with E-state index in [0.29, 0.717) is 30.8 Å². The predicted molar refractivity (Wildman–Crippen MR) is 70.7 cm³/mol. The van der Waals surface area contributed by atoms with Gasteiger partial charge in [0.15, 0.2) is 0 Å². The van der Waals surface area contributed by atoms with Crippen molar-refractivity contribution in [3.63, 3.8) is 0 Å². The summed E-state index contributed by atoms with van der Waals surface area (Å²) >= 11 is 0. The van der Waals surface area contributed by atoms with Crippen LogP contribution in [-0.2, 0) is 16.1 Å². The maximum Gasteiger partial charge on any atom is 0.306 e. The Hall–Kier alpha value is -2.06. The first-order valence-corrected chi connectivity index (χ1v) is 5.93. The fourth-order valence-electron chi connectivity index (χ4n) is 1.72. The summed E-state index contributed by atoms with van der Waals surface area (Å²) in [6.45, 7) is 1.27. The second kappa shape index (κ2) is 7.39. The van der Waals surface area contributed by atoms with Gasteiger partial charge in [-0.05, 0) is 24.7 Å². The highest BCUT2D eigenvalue weighted by Gasteiger charge is 2.07. The van der Waals surface area contributed by atoms with Gasteiger partial charge in [0.1, 0.15) is 11.8 Å². The van der Waals surface area contributed by atoms with Gasteiger partial charge in [-0.2, -0.15) is 5.26 Å². The number of esters is 1. The molecule has 1 rings (SSSR count). The quantitative estimate of drug-likeness (QED) is 0.728. The summed E-state index contributed by atoms with van der Waals surface area (Å²) in [5.74, 6) is 0.350. The molecule has 0 saturated heterocycles. The average Bonchev–Trinajstić information content (AvgIpc) is 2.44. The van der Waals surface area contributed by atoms with E-state index in [4.69, 9.17) is 10.00 Å². The molecule has 5 nitrogen and oxygen atoms in total. The van der Waals surface area contributed by atoms with Crippen LogP contribution >= 0.6 is 0 Å². The van der Waals surface area contributed by atoms with Crippen molar-refractivity contribution < 1.29 is 14.3 Å². The number of carbonyl (C=O) groups is 1. The van der Waals surface area contributed by atoms with Gasteiger partial charge in [-0.3, -0.25) is 4.79 Å². The lowest BCUT2D eigenvalue weighted by molar-refractivity contribution is -0.140. The highest BCUT2D eigenvalue weighted by Crippen LogP contribution is 2.19. The van der Waals surface area contributed by atoms with Crippen LogP contribution in [0.2, 0.25) is 0 Å². The van der Waals surface area contributed by atoms with Gasteiger partial charge in [0.2, 0.25) is 0 Å². The summed E-state index contributed by atoms with van der Waals surface area (Å²) in [6, 6.07) is 7.59. The normalized spacial score (nSPS) is 10.1. The molecule has 102 valence electrons. The number of benzene rings is 1. The molecule has 0 spiro atoms. The van der Waals surface area contributed by atoms with Crippen LogP contribution < -0.4 is 4.74 Å². The zero-order valence-electron chi connectivity index (χ0n) is 11.5. The Kier molecular flexibility index (Phi) is 5.83. The number of nitrogens with zero attached hydrogens (tertiary/aromatic N) is 2. The SMILES string of the molecule is COC(=O)CCN(C)Cc1ccc(OC)c(C#N)c1. The number of hydrogen-bond donors (Lipinski definition) is 0. The minimum atomic E-state index is -0.223. The van der Waals surface area contributed by atoms with Crippen LogP contribution in [0.4, 0.5) is 0 Å². The van der Waals surface area contributed by atoms with Crippen LogP contribution in [0.5, 0.6) is 5.75 Å². The standard InChI is InChI=1S/C14H18N2O3/c1-16(7-6-14(17)19-3)10-11-4-5-13(18-2)12(8-11)9-15/h4-5,8H,6-7,10H2,1-3H3. The van der Waals surface area contributed by atoms with Crippen molar-refractivity contribution in [1.82, 2.24) is 4.90 Å². The first-order valence-electron chi connectivity index (χ1n) is 5.93. The van der Waals surface area contributed by atoms with Crippen LogP contribution in [0.1, 0.15) is 17.5 Å². The highest BCUT2D eigenvalue weighted by molar-refractivity contribution is 5.69. The van der Waals surface area contributed by atoms with E-state index < -0.39 is 0 Å². The maximum atomic E-state index is 11.0. The average molecular weight is 262 g/mol. The molecule has 5 heteroatoms. The van der Waals surface area contributed by atoms with Gasteiger partial charge in [0.05, 0.1) is 26.2 Å².